The van der Waals surface area contributed by atoms with Gasteiger partial charge in [-0.15, -0.1) is 0 Å². The summed E-state index contributed by atoms with van der Waals surface area (Å²) in [6, 6.07) is 0. The first-order valence-corrected chi connectivity index (χ1v) is 8.80. The molecule has 0 rings (SSSR count). The van der Waals surface area contributed by atoms with E-state index in [4.69, 9.17) is 11.5 Å². The second kappa shape index (κ2) is 14.1. The summed E-state index contributed by atoms with van der Waals surface area (Å²) in [6.45, 7) is 1.19. The van der Waals surface area contributed by atoms with E-state index in [0.717, 1.165) is 0 Å². The van der Waals surface area contributed by atoms with Crippen molar-refractivity contribution in [1.82, 2.24) is 0 Å². The molecule has 0 saturated heterocycles. The summed E-state index contributed by atoms with van der Waals surface area (Å²) in [6.07, 6.45) is 0. The molecule has 0 aromatic heterocycles. The Hall–Kier alpha value is 1.54. The zero-order valence-electron chi connectivity index (χ0n) is 7.64. The van der Waals surface area contributed by atoms with E-state index in [1.54, 1.807) is 0 Å². The molecule has 0 bridgehead atoms. The Morgan fingerprint density at radius 3 is 0.909 bits per heavy atom. The number of hydrogen-bond acceptors (Lipinski definition) is 2. The van der Waals surface area contributed by atoms with E-state index in [1.807, 2.05) is 0 Å². The summed E-state index contributed by atoms with van der Waals surface area (Å²) in [4.78, 5) is 0. The van der Waals surface area contributed by atoms with Gasteiger partial charge in [-0.25, -0.2) is 0 Å². The Labute approximate surface area is 95.1 Å². The van der Waals surface area contributed by atoms with Crippen LogP contribution in [0.25, 0.3) is 0 Å². The summed E-state index contributed by atoms with van der Waals surface area (Å²) in [5, 5.41) is 9.35. The van der Waals surface area contributed by atoms with Crippen LogP contribution in [0.3, 0.4) is 0 Å². The maximum absolute atomic E-state index is 4.90. The molecule has 0 atom stereocenters. The van der Waals surface area contributed by atoms with Gasteiger partial charge in [0.1, 0.15) is 0 Å². The van der Waals surface area contributed by atoms with Crippen molar-refractivity contribution in [2.24, 2.45) is 11.5 Å². The molecule has 78 valence electrons. The van der Waals surface area contributed by atoms with Crippen molar-refractivity contribution in [2.45, 2.75) is 21.6 Å². The van der Waals surface area contributed by atoms with E-state index in [9.17, 15) is 0 Å². The van der Waals surface area contributed by atoms with Crippen LogP contribution in [-0.2, 0) is 15.5 Å². The van der Waals surface area contributed by atoms with Crippen LogP contribution < -0.4 is 45.4 Å². The fourth-order valence-corrected chi connectivity index (χ4v) is 0. The molecule has 0 fully saturated rings. The first-order chi connectivity index (χ1) is 3.91. The van der Waals surface area contributed by atoms with Crippen molar-refractivity contribution in [1.29, 1.82) is 0 Å². The Morgan fingerprint density at radius 2 is 0.909 bits per heavy atom. The summed E-state index contributed by atoms with van der Waals surface area (Å²) < 4.78 is 0. The topological polar surface area (TPSA) is 52.0 Å². The molecule has 0 aromatic rings. The fourth-order valence-electron chi connectivity index (χ4n) is 0. The molecule has 11 heavy (non-hydrogen) atoms. The summed E-state index contributed by atoms with van der Waals surface area (Å²) in [5.74, 6) is 0. The Bertz CT molecular complexity index is 49.0. The van der Waals surface area contributed by atoms with Gasteiger partial charge >= 0.3 is 37.1 Å². The van der Waals surface area contributed by atoms with Gasteiger partial charge in [0.05, 0.1) is 0 Å². The van der Waals surface area contributed by atoms with Crippen molar-refractivity contribution in [3.05, 3.63) is 0 Å². The van der Waals surface area contributed by atoms with Gasteiger partial charge in [0.2, 0.25) is 0 Å². The average molecular weight is 386 g/mol. The van der Waals surface area contributed by atoms with Gasteiger partial charge in [-0.3, -0.25) is 0 Å². The number of hydrogen-bond donors (Lipinski definition) is 2. The fraction of sp³-hybridized carbons (Fsp3) is 1.00. The molecule has 0 amide bonds. The third-order valence-electron chi connectivity index (χ3n) is 0.167. The molecule has 0 aromatic carbocycles. The van der Waals surface area contributed by atoms with E-state index in [2.05, 4.69) is 21.6 Å². The Kier molecular flexibility index (Phi) is 29.3. The van der Waals surface area contributed by atoms with Gasteiger partial charge in [0.15, 0.2) is 0 Å². The van der Waals surface area contributed by atoms with Gasteiger partial charge in [0.25, 0.3) is 0 Å². The molecular weight excluding hydrogens is 366 g/mol. The molecule has 0 aliphatic heterocycles. The molecule has 4 N–H and O–H groups in total. The van der Waals surface area contributed by atoms with Crippen molar-refractivity contribution < 1.29 is 49.5 Å². The van der Waals surface area contributed by atoms with Crippen LogP contribution in [0.2, 0.25) is 21.6 Å². The predicted octanol–water partition coefficient (Wildman–Crippen LogP) is -4.76. The quantitative estimate of drug-likeness (QED) is 0.445. The predicted molar refractivity (Wildman–Crippen MR) is 41.6 cm³/mol. The van der Waals surface area contributed by atoms with E-state index in [1.165, 1.54) is 0 Å². The molecule has 0 unspecified atom stereocenters. The molecule has 0 heterocycles. The SMILES string of the molecule is NCCN.[Br-].[Br-].[CH3][Pd+2]([CH3])([CH3])[CH3]. The van der Waals surface area contributed by atoms with Gasteiger partial charge in [0, 0.05) is 13.1 Å². The van der Waals surface area contributed by atoms with Gasteiger partial charge in [-0.2, -0.15) is 0 Å². The average Bonchev–Trinajstić information content (AvgIpc) is 1.61. The number of nitrogens with two attached hydrogens (primary N) is 2. The molecule has 0 aliphatic rings. The van der Waals surface area contributed by atoms with Crippen LogP contribution in [0, 0.1) is 0 Å². The Morgan fingerprint density at radius 1 is 0.818 bits per heavy atom. The minimum absolute atomic E-state index is 0. The van der Waals surface area contributed by atoms with Crippen LogP contribution in [0.15, 0.2) is 0 Å². The second-order valence-corrected chi connectivity index (χ2v) is 11.8. The second-order valence-electron chi connectivity index (χ2n) is 2.47. The standard InChI is InChI=1S/C2H8N2.4CH3.2BrH.Pd/c3-1-2-4;;;;;;;/h1-4H2;4*1H3;2*1H;/q;;;;;;;+2/p-2. The summed E-state index contributed by atoms with van der Waals surface area (Å²) in [7, 11) is 0. The van der Waals surface area contributed by atoms with Gasteiger partial charge < -0.3 is 45.4 Å². The molecule has 0 saturated carbocycles. The molecular formula is C6H20Br2N2Pd. The minimum atomic E-state index is -0.700. The Balaban J connectivity index is -0.0000000383. The molecule has 0 spiro atoms. The van der Waals surface area contributed by atoms with E-state index >= 15 is 0 Å². The molecule has 5 heteroatoms. The first kappa shape index (κ1) is 22.9. The monoisotopic (exact) mass is 384 g/mol. The van der Waals surface area contributed by atoms with E-state index in [0.29, 0.717) is 13.1 Å². The third-order valence-corrected chi connectivity index (χ3v) is 0.167. The van der Waals surface area contributed by atoms with Crippen LogP contribution in [0.4, 0.5) is 0 Å². The third kappa shape index (κ3) is 163. The number of rotatable bonds is 1. The van der Waals surface area contributed by atoms with Crippen LogP contribution >= 0.6 is 0 Å². The molecule has 0 aliphatic carbocycles. The van der Waals surface area contributed by atoms with E-state index in [-0.39, 0.29) is 34.0 Å². The van der Waals surface area contributed by atoms with Gasteiger partial charge in [-0.05, 0) is 0 Å². The molecule has 2 nitrogen and oxygen atoms in total. The zero-order valence-corrected chi connectivity index (χ0v) is 12.4. The summed E-state index contributed by atoms with van der Waals surface area (Å²) >= 11 is -0.700. The van der Waals surface area contributed by atoms with Crippen molar-refractivity contribution in [3.63, 3.8) is 0 Å². The first-order valence-electron chi connectivity index (χ1n) is 2.58. The van der Waals surface area contributed by atoms with Gasteiger partial charge in [-0.1, -0.05) is 0 Å². The van der Waals surface area contributed by atoms with Crippen LogP contribution in [0.5, 0.6) is 0 Å². The van der Waals surface area contributed by atoms with E-state index < -0.39 is 15.5 Å². The summed E-state index contributed by atoms with van der Waals surface area (Å²) in [5.41, 5.74) is 9.81. The van der Waals surface area contributed by atoms with Crippen molar-refractivity contribution in [3.8, 4) is 0 Å². The van der Waals surface area contributed by atoms with Crippen molar-refractivity contribution >= 4 is 0 Å². The maximum atomic E-state index is 4.90. The normalized spacial score (nSPS) is 9.64. The number of halogens is 2. The van der Waals surface area contributed by atoms with Crippen LogP contribution in [-0.4, -0.2) is 13.1 Å². The van der Waals surface area contributed by atoms with Crippen molar-refractivity contribution in [2.75, 3.05) is 13.1 Å². The molecule has 0 radical (unpaired) electrons. The zero-order chi connectivity index (χ0) is 7.91. The van der Waals surface area contributed by atoms with Crippen LogP contribution in [0.1, 0.15) is 0 Å².